The van der Waals surface area contributed by atoms with Gasteiger partial charge in [-0.25, -0.2) is 0 Å². The molecule has 0 spiro atoms. The first-order valence-electron chi connectivity index (χ1n) is 7.46. The second kappa shape index (κ2) is 7.55. The zero-order chi connectivity index (χ0) is 17.7. The Balaban J connectivity index is 2.22. The quantitative estimate of drug-likeness (QED) is 0.648. The summed E-state index contributed by atoms with van der Waals surface area (Å²) >= 11 is 0. The number of phenolic OH excluding ortho intramolecular Hbond substituents is 1. The lowest BCUT2D eigenvalue weighted by atomic mass is 10.1. The standard InChI is InChI=1S/C19H21NO4/c1-12-5-8-16(17(21)9-12)20-19(22)10-13(2)15-7-6-14(23-3)11-18(15)24-4/h5-11,21H,1-4H3,(H,20,22)/b13-10+. The van der Waals surface area contributed by atoms with E-state index in [1.807, 2.05) is 26.0 Å². The summed E-state index contributed by atoms with van der Waals surface area (Å²) in [5.41, 5.74) is 2.82. The molecule has 2 aromatic rings. The lowest BCUT2D eigenvalue weighted by molar-refractivity contribution is -0.111. The lowest BCUT2D eigenvalue weighted by Crippen LogP contribution is -2.09. The Morgan fingerprint density at radius 1 is 1.12 bits per heavy atom. The number of allylic oxidation sites excluding steroid dienone is 1. The number of nitrogens with one attached hydrogen (secondary N) is 1. The van der Waals surface area contributed by atoms with E-state index in [0.29, 0.717) is 17.2 Å². The van der Waals surface area contributed by atoms with Crippen molar-refractivity contribution < 1.29 is 19.4 Å². The normalized spacial score (nSPS) is 11.1. The number of methoxy groups -OCH3 is 2. The molecule has 0 saturated carbocycles. The van der Waals surface area contributed by atoms with E-state index in [1.165, 1.54) is 6.08 Å². The molecule has 0 bridgehead atoms. The van der Waals surface area contributed by atoms with Gasteiger partial charge in [-0.1, -0.05) is 6.07 Å². The van der Waals surface area contributed by atoms with Gasteiger partial charge in [0.25, 0.3) is 0 Å². The van der Waals surface area contributed by atoms with E-state index in [0.717, 1.165) is 16.7 Å². The third kappa shape index (κ3) is 4.07. The van der Waals surface area contributed by atoms with Gasteiger partial charge < -0.3 is 19.9 Å². The first-order chi connectivity index (χ1) is 11.4. The van der Waals surface area contributed by atoms with Crippen LogP contribution in [0.15, 0.2) is 42.5 Å². The maximum absolute atomic E-state index is 12.2. The van der Waals surface area contributed by atoms with Crippen molar-refractivity contribution in [3.63, 3.8) is 0 Å². The summed E-state index contributed by atoms with van der Waals surface area (Å²) in [6, 6.07) is 10.5. The minimum absolute atomic E-state index is 0.0384. The summed E-state index contributed by atoms with van der Waals surface area (Å²) < 4.78 is 10.5. The molecule has 0 aromatic heterocycles. The van der Waals surface area contributed by atoms with Crippen molar-refractivity contribution in [2.45, 2.75) is 13.8 Å². The summed E-state index contributed by atoms with van der Waals surface area (Å²) in [7, 11) is 3.15. The Kier molecular flexibility index (Phi) is 5.47. The number of phenols is 1. The van der Waals surface area contributed by atoms with Crippen molar-refractivity contribution in [1.29, 1.82) is 0 Å². The van der Waals surface area contributed by atoms with Gasteiger partial charge in [-0.3, -0.25) is 4.79 Å². The Morgan fingerprint density at radius 2 is 1.88 bits per heavy atom. The molecule has 0 heterocycles. The molecule has 126 valence electrons. The highest BCUT2D eigenvalue weighted by Crippen LogP contribution is 2.30. The summed E-state index contributed by atoms with van der Waals surface area (Å²) in [6.07, 6.45) is 1.46. The molecular weight excluding hydrogens is 306 g/mol. The molecule has 5 nitrogen and oxygen atoms in total. The van der Waals surface area contributed by atoms with Crippen molar-refractivity contribution in [2.75, 3.05) is 19.5 Å². The van der Waals surface area contributed by atoms with Gasteiger partial charge in [0.05, 0.1) is 19.9 Å². The Hall–Kier alpha value is -2.95. The molecule has 0 aliphatic heterocycles. The van der Waals surface area contributed by atoms with Crippen LogP contribution >= 0.6 is 0 Å². The largest absolute Gasteiger partial charge is 0.506 e. The number of hydrogen-bond donors (Lipinski definition) is 2. The van der Waals surface area contributed by atoms with Gasteiger partial charge in [-0.15, -0.1) is 0 Å². The molecule has 0 atom stereocenters. The maximum Gasteiger partial charge on any atom is 0.248 e. The fourth-order valence-corrected chi connectivity index (χ4v) is 2.31. The third-order valence-corrected chi connectivity index (χ3v) is 3.59. The van der Waals surface area contributed by atoms with Crippen LogP contribution in [0.3, 0.4) is 0 Å². The molecule has 0 fully saturated rings. The summed E-state index contributed by atoms with van der Waals surface area (Å²) in [6.45, 7) is 3.68. The molecule has 1 amide bonds. The lowest BCUT2D eigenvalue weighted by Gasteiger charge is -2.11. The number of amides is 1. The fourth-order valence-electron chi connectivity index (χ4n) is 2.31. The molecule has 2 aromatic carbocycles. The molecule has 0 radical (unpaired) electrons. The molecule has 0 aliphatic carbocycles. The summed E-state index contributed by atoms with van der Waals surface area (Å²) in [4.78, 5) is 12.2. The van der Waals surface area contributed by atoms with Crippen LogP contribution in [0.4, 0.5) is 5.69 Å². The highest BCUT2D eigenvalue weighted by Gasteiger charge is 2.10. The number of anilines is 1. The summed E-state index contributed by atoms with van der Waals surface area (Å²) in [5, 5.41) is 12.5. The van der Waals surface area contributed by atoms with Gasteiger partial charge in [0.1, 0.15) is 17.2 Å². The van der Waals surface area contributed by atoms with E-state index in [1.54, 1.807) is 38.5 Å². The minimum atomic E-state index is -0.329. The van der Waals surface area contributed by atoms with E-state index in [2.05, 4.69) is 5.32 Å². The van der Waals surface area contributed by atoms with Crippen LogP contribution in [0, 0.1) is 6.92 Å². The van der Waals surface area contributed by atoms with E-state index in [4.69, 9.17) is 9.47 Å². The van der Waals surface area contributed by atoms with E-state index in [9.17, 15) is 9.90 Å². The average Bonchev–Trinajstić information content (AvgIpc) is 2.56. The maximum atomic E-state index is 12.2. The second-order valence-electron chi connectivity index (χ2n) is 5.40. The van der Waals surface area contributed by atoms with Crippen LogP contribution in [-0.4, -0.2) is 25.2 Å². The molecule has 24 heavy (non-hydrogen) atoms. The fraction of sp³-hybridized carbons (Fsp3) is 0.211. The number of benzene rings is 2. The molecule has 5 heteroatoms. The van der Waals surface area contributed by atoms with Crippen LogP contribution in [0.2, 0.25) is 0 Å². The molecule has 0 aliphatic rings. The highest BCUT2D eigenvalue weighted by atomic mass is 16.5. The number of ether oxygens (including phenoxy) is 2. The van der Waals surface area contributed by atoms with E-state index in [-0.39, 0.29) is 11.7 Å². The smallest absolute Gasteiger partial charge is 0.248 e. The zero-order valence-corrected chi connectivity index (χ0v) is 14.2. The van der Waals surface area contributed by atoms with Crippen LogP contribution in [0.5, 0.6) is 17.2 Å². The van der Waals surface area contributed by atoms with Crippen molar-refractivity contribution >= 4 is 17.2 Å². The second-order valence-corrected chi connectivity index (χ2v) is 5.40. The minimum Gasteiger partial charge on any atom is -0.506 e. The predicted octanol–water partition coefficient (Wildman–Crippen LogP) is 3.76. The molecule has 2 N–H and O–H groups in total. The Bertz CT molecular complexity index is 781. The molecule has 0 unspecified atom stereocenters. The first-order valence-corrected chi connectivity index (χ1v) is 7.46. The number of rotatable bonds is 5. The molecule has 2 rings (SSSR count). The van der Waals surface area contributed by atoms with Crippen LogP contribution < -0.4 is 14.8 Å². The number of aryl methyl sites for hydroxylation is 1. The van der Waals surface area contributed by atoms with E-state index >= 15 is 0 Å². The molecule has 0 saturated heterocycles. The predicted molar refractivity (Wildman–Crippen MR) is 94.7 cm³/mol. The monoisotopic (exact) mass is 327 g/mol. The Labute approximate surface area is 141 Å². The van der Waals surface area contributed by atoms with Crippen molar-refractivity contribution in [3.05, 3.63) is 53.6 Å². The molecular formula is C19H21NO4. The number of hydrogen-bond acceptors (Lipinski definition) is 4. The summed E-state index contributed by atoms with van der Waals surface area (Å²) in [5.74, 6) is 1.01. The number of carbonyl (C=O) groups is 1. The number of aromatic hydroxyl groups is 1. The van der Waals surface area contributed by atoms with Crippen LogP contribution in [0.25, 0.3) is 5.57 Å². The van der Waals surface area contributed by atoms with Gasteiger partial charge in [0, 0.05) is 17.7 Å². The van der Waals surface area contributed by atoms with Gasteiger partial charge >= 0.3 is 0 Å². The van der Waals surface area contributed by atoms with Gasteiger partial charge in [-0.2, -0.15) is 0 Å². The number of carbonyl (C=O) groups excluding carboxylic acids is 1. The zero-order valence-electron chi connectivity index (χ0n) is 14.2. The van der Waals surface area contributed by atoms with Crippen molar-refractivity contribution in [3.8, 4) is 17.2 Å². The van der Waals surface area contributed by atoms with Gasteiger partial charge in [-0.05, 0) is 49.2 Å². The average molecular weight is 327 g/mol. The highest BCUT2D eigenvalue weighted by molar-refractivity contribution is 6.04. The van der Waals surface area contributed by atoms with Crippen LogP contribution in [0.1, 0.15) is 18.1 Å². The van der Waals surface area contributed by atoms with Crippen molar-refractivity contribution in [1.82, 2.24) is 0 Å². The first kappa shape index (κ1) is 17.4. The Morgan fingerprint density at radius 3 is 2.50 bits per heavy atom. The van der Waals surface area contributed by atoms with E-state index < -0.39 is 0 Å². The SMILES string of the molecule is COc1ccc(/C(C)=C/C(=O)Nc2ccc(C)cc2O)c(OC)c1. The van der Waals surface area contributed by atoms with Crippen LogP contribution in [-0.2, 0) is 4.79 Å². The third-order valence-electron chi connectivity index (χ3n) is 3.59. The van der Waals surface area contributed by atoms with Gasteiger partial charge in [0.2, 0.25) is 5.91 Å². The van der Waals surface area contributed by atoms with Gasteiger partial charge in [0.15, 0.2) is 0 Å². The van der Waals surface area contributed by atoms with Crippen molar-refractivity contribution in [2.24, 2.45) is 0 Å². The topological polar surface area (TPSA) is 67.8 Å².